The largest absolute Gasteiger partial charge is 0.378 e. The molecule has 0 saturated carbocycles. The lowest BCUT2D eigenvalue weighted by Gasteiger charge is -2.23. The van der Waals surface area contributed by atoms with Gasteiger partial charge in [0.1, 0.15) is 5.82 Å². The average Bonchev–Trinajstić information content (AvgIpc) is 2.24. The van der Waals surface area contributed by atoms with E-state index < -0.39 is 17.5 Å². The van der Waals surface area contributed by atoms with E-state index in [0.29, 0.717) is 19.3 Å². The second-order valence-corrected chi connectivity index (χ2v) is 3.85. The van der Waals surface area contributed by atoms with E-state index >= 15 is 0 Å². The van der Waals surface area contributed by atoms with Gasteiger partial charge in [0.15, 0.2) is 11.6 Å². The van der Waals surface area contributed by atoms with Crippen molar-refractivity contribution >= 4 is 0 Å². The minimum Gasteiger partial charge on any atom is -0.378 e. The number of rotatable bonds is 0. The summed E-state index contributed by atoms with van der Waals surface area (Å²) >= 11 is 0. The van der Waals surface area contributed by atoms with Crippen LogP contribution in [0.2, 0.25) is 0 Å². The van der Waals surface area contributed by atoms with Gasteiger partial charge in [-0.05, 0) is 18.6 Å². The van der Waals surface area contributed by atoms with Crippen LogP contribution in [-0.4, -0.2) is 25.3 Å². The Bertz CT molecular complexity index is 355. The van der Waals surface area contributed by atoms with Crippen LogP contribution in [-0.2, 0) is 4.74 Å². The number of benzene rings is 1. The Morgan fingerprint density at radius 3 is 1.94 bits per heavy atom. The summed E-state index contributed by atoms with van der Waals surface area (Å²) in [4.78, 5) is 0. The number of hydrogen-bond donors (Lipinski definition) is 2. The van der Waals surface area contributed by atoms with Crippen molar-refractivity contribution in [1.82, 2.24) is 0 Å². The van der Waals surface area contributed by atoms with Gasteiger partial charge in [-0.3, -0.25) is 0 Å². The summed E-state index contributed by atoms with van der Waals surface area (Å²) in [5.41, 5.74) is 11.0. The van der Waals surface area contributed by atoms with Gasteiger partial charge in [0.25, 0.3) is 0 Å². The van der Waals surface area contributed by atoms with Crippen LogP contribution in [0.5, 0.6) is 0 Å². The summed E-state index contributed by atoms with van der Waals surface area (Å²) in [6.45, 7) is 1.35. The molecule has 6 heteroatoms. The Balaban J connectivity index is 0.000000171. The lowest BCUT2D eigenvalue weighted by atomic mass is 10.1. The van der Waals surface area contributed by atoms with Gasteiger partial charge < -0.3 is 16.2 Å². The Morgan fingerprint density at radius 2 is 1.59 bits per heavy atom. The molecule has 1 aromatic carbocycles. The molecule has 4 N–H and O–H groups in total. The Kier molecular flexibility index (Phi) is 5.40. The molecule has 2 atom stereocenters. The maximum absolute atomic E-state index is 12.0. The summed E-state index contributed by atoms with van der Waals surface area (Å²) in [6.07, 6.45) is 0.903. The maximum atomic E-state index is 12.0. The van der Waals surface area contributed by atoms with Crippen LogP contribution in [0.25, 0.3) is 0 Å². The first kappa shape index (κ1) is 14.0. The van der Waals surface area contributed by atoms with Gasteiger partial charge in [-0.2, -0.15) is 0 Å². The van der Waals surface area contributed by atoms with Crippen molar-refractivity contribution in [2.24, 2.45) is 11.5 Å². The molecule has 1 saturated heterocycles. The molecule has 2 rings (SSSR count). The second kappa shape index (κ2) is 6.58. The van der Waals surface area contributed by atoms with E-state index in [-0.39, 0.29) is 12.1 Å². The van der Waals surface area contributed by atoms with E-state index in [2.05, 4.69) is 0 Å². The molecular formula is C11H15F3N2O. The lowest BCUT2D eigenvalue weighted by Crippen LogP contribution is -2.42. The van der Waals surface area contributed by atoms with Crippen molar-refractivity contribution in [3.05, 3.63) is 35.7 Å². The summed E-state index contributed by atoms with van der Waals surface area (Å²) in [7, 11) is 0. The highest BCUT2D eigenvalue weighted by molar-refractivity contribution is 5.07. The van der Waals surface area contributed by atoms with Crippen LogP contribution >= 0.6 is 0 Å². The molecule has 1 aliphatic heterocycles. The molecule has 96 valence electrons. The normalized spacial score (nSPS) is 23.8. The number of nitrogens with two attached hydrogens (primary N) is 2. The molecule has 0 aliphatic carbocycles. The summed E-state index contributed by atoms with van der Waals surface area (Å²) in [5.74, 6) is -2.96. The maximum Gasteiger partial charge on any atom is 0.161 e. The molecule has 0 unspecified atom stereocenters. The number of ether oxygens (including phenoxy) is 1. The highest BCUT2D eigenvalue weighted by Gasteiger charge is 2.14. The molecule has 1 heterocycles. The Morgan fingerprint density at radius 1 is 1.00 bits per heavy atom. The van der Waals surface area contributed by atoms with E-state index in [1.807, 2.05) is 0 Å². The van der Waals surface area contributed by atoms with Crippen molar-refractivity contribution in [3.63, 3.8) is 0 Å². The van der Waals surface area contributed by atoms with Gasteiger partial charge in [0.05, 0.1) is 13.2 Å². The SMILES string of the molecule is Fc1ccc(F)c(F)c1.N[C@@H]1COC[C@H](N)C1. The fourth-order valence-corrected chi connectivity index (χ4v) is 1.37. The molecule has 0 radical (unpaired) electrons. The molecule has 1 fully saturated rings. The summed E-state index contributed by atoms with van der Waals surface area (Å²) < 4.78 is 40.9. The predicted molar refractivity (Wildman–Crippen MR) is 57.7 cm³/mol. The summed E-state index contributed by atoms with van der Waals surface area (Å²) in [6, 6.07) is 2.43. The lowest BCUT2D eigenvalue weighted by molar-refractivity contribution is 0.0680. The van der Waals surface area contributed by atoms with Gasteiger partial charge in [0, 0.05) is 18.2 Å². The average molecular weight is 248 g/mol. The van der Waals surface area contributed by atoms with E-state index in [4.69, 9.17) is 16.2 Å². The van der Waals surface area contributed by atoms with Gasteiger partial charge in [-0.1, -0.05) is 0 Å². The quantitative estimate of drug-likeness (QED) is 0.677. The number of hydrogen-bond acceptors (Lipinski definition) is 3. The van der Waals surface area contributed by atoms with Gasteiger partial charge >= 0.3 is 0 Å². The fraction of sp³-hybridized carbons (Fsp3) is 0.455. The zero-order chi connectivity index (χ0) is 12.8. The first-order valence-corrected chi connectivity index (χ1v) is 5.18. The highest BCUT2D eigenvalue weighted by atomic mass is 19.2. The third-order valence-corrected chi connectivity index (χ3v) is 2.15. The summed E-state index contributed by atoms with van der Waals surface area (Å²) in [5, 5.41) is 0. The van der Waals surface area contributed by atoms with E-state index in [0.717, 1.165) is 18.6 Å². The highest BCUT2D eigenvalue weighted by Crippen LogP contribution is 2.06. The minimum absolute atomic E-state index is 0.166. The van der Waals surface area contributed by atoms with Crippen LogP contribution in [0.1, 0.15) is 6.42 Å². The predicted octanol–water partition coefficient (Wildman–Crippen LogP) is 1.17. The van der Waals surface area contributed by atoms with Crippen LogP contribution < -0.4 is 11.5 Å². The molecule has 0 bridgehead atoms. The zero-order valence-corrected chi connectivity index (χ0v) is 9.20. The van der Waals surface area contributed by atoms with Gasteiger partial charge in [-0.15, -0.1) is 0 Å². The molecule has 0 spiro atoms. The van der Waals surface area contributed by atoms with Crippen molar-refractivity contribution in [1.29, 1.82) is 0 Å². The van der Waals surface area contributed by atoms with Crippen molar-refractivity contribution in [2.45, 2.75) is 18.5 Å². The van der Waals surface area contributed by atoms with E-state index in [9.17, 15) is 13.2 Å². The second-order valence-electron chi connectivity index (χ2n) is 3.85. The van der Waals surface area contributed by atoms with Crippen LogP contribution in [0, 0.1) is 17.5 Å². The van der Waals surface area contributed by atoms with Crippen molar-refractivity contribution < 1.29 is 17.9 Å². The van der Waals surface area contributed by atoms with E-state index in [1.165, 1.54) is 0 Å². The molecule has 1 aliphatic rings. The standard InChI is InChI=1S/C6H3F3.C5H12N2O/c7-4-1-2-5(8)6(9)3-4;6-4-1-5(7)3-8-2-4/h1-3H;4-5H,1-3,6-7H2/t;4-,5+. The van der Waals surface area contributed by atoms with Crippen LogP contribution in [0.15, 0.2) is 18.2 Å². The van der Waals surface area contributed by atoms with Gasteiger partial charge in [0.2, 0.25) is 0 Å². The molecular weight excluding hydrogens is 233 g/mol. The molecule has 0 aromatic heterocycles. The smallest absolute Gasteiger partial charge is 0.161 e. The Hall–Kier alpha value is -1.11. The fourth-order valence-electron chi connectivity index (χ4n) is 1.37. The van der Waals surface area contributed by atoms with E-state index in [1.54, 1.807) is 0 Å². The molecule has 0 amide bonds. The monoisotopic (exact) mass is 248 g/mol. The first-order valence-electron chi connectivity index (χ1n) is 5.18. The molecule has 17 heavy (non-hydrogen) atoms. The minimum atomic E-state index is -1.16. The molecule has 1 aromatic rings. The number of halogens is 3. The van der Waals surface area contributed by atoms with Crippen LogP contribution in [0.3, 0.4) is 0 Å². The third-order valence-electron chi connectivity index (χ3n) is 2.15. The Labute approximate surface area is 97.5 Å². The van der Waals surface area contributed by atoms with Crippen molar-refractivity contribution in [2.75, 3.05) is 13.2 Å². The zero-order valence-electron chi connectivity index (χ0n) is 9.20. The van der Waals surface area contributed by atoms with Crippen LogP contribution in [0.4, 0.5) is 13.2 Å². The van der Waals surface area contributed by atoms with Gasteiger partial charge in [-0.25, -0.2) is 13.2 Å². The first-order chi connectivity index (χ1) is 7.99. The molecule has 3 nitrogen and oxygen atoms in total. The van der Waals surface area contributed by atoms with Crippen molar-refractivity contribution in [3.8, 4) is 0 Å². The third kappa shape index (κ3) is 5.16. The topological polar surface area (TPSA) is 61.3 Å².